The first kappa shape index (κ1) is 16.6. The summed E-state index contributed by atoms with van der Waals surface area (Å²) < 4.78 is 5.33. The van der Waals surface area contributed by atoms with E-state index in [-0.39, 0.29) is 11.9 Å². The highest BCUT2D eigenvalue weighted by molar-refractivity contribution is 7.09. The maximum atomic E-state index is 12.3. The van der Waals surface area contributed by atoms with Crippen molar-refractivity contribution >= 4 is 28.6 Å². The molecule has 1 aliphatic heterocycles. The Balaban J connectivity index is 1.53. The Kier molecular flexibility index (Phi) is 6.15. The van der Waals surface area contributed by atoms with Crippen LogP contribution >= 0.6 is 22.7 Å². The van der Waals surface area contributed by atoms with Crippen molar-refractivity contribution in [1.29, 1.82) is 0 Å². The zero-order chi connectivity index (χ0) is 15.9. The quantitative estimate of drug-likeness (QED) is 0.832. The zero-order valence-electron chi connectivity index (χ0n) is 12.9. The van der Waals surface area contributed by atoms with Crippen molar-refractivity contribution in [3.05, 3.63) is 39.0 Å². The second kappa shape index (κ2) is 8.54. The van der Waals surface area contributed by atoms with Gasteiger partial charge in [-0.05, 0) is 22.4 Å². The molecule has 0 unspecified atom stereocenters. The van der Waals surface area contributed by atoms with Gasteiger partial charge in [-0.3, -0.25) is 9.69 Å². The van der Waals surface area contributed by atoms with Crippen LogP contribution in [0.15, 0.2) is 28.4 Å². The Morgan fingerprint density at radius 2 is 2.26 bits per heavy atom. The van der Waals surface area contributed by atoms with Gasteiger partial charge in [0.15, 0.2) is 0 Å². The Morgan fingerprint density at radius 3 is 2.96 bits per heavy atom. The highest BCUT2D eigenvalue weighted by Gasteiger charge is 2.19. The van der Waals surface area contributed by atoms with Crippen molar-refractivity contribution in [2.24, 2.45) is 0 Å². The molecular weight excluding hydrogens is 330 g/mol. The van der Waals surface area contributed by atoms with Gasteiger partial charge in [-0.2, -0.15) is 11.3 Å². The molecule has 23 heavy (non-hydrogen) atoms. The van der Waals surface area contributed by atoms with Gasteiger partial charge in [0.1, 0.15) is 5.01 Å². The first-order chi connectivity index (χ1) is 11.3. The van der Waals surface area contributed by atoms with E-state index in [1.807, 2.05) is 5.38 Å². The largest absolute Gasteiger partial charge is 0.379 e. The Morgan fingerprint density at radius 1 is 1.39 bits per heavy atom. The van der Waals surface area contributed by atoms with Crippen LogP contribution in [0.1, 0.15) is 23.0 Å². The van der Waals surface area contributed by atoms with Gasteiger partial charge in [0.25, 0.3) is 0 Å². The SMILES string of the molecule is O=C(CCN1CCOCC1)N[C@H](Cc1ccsc1)c1nccs1. The Bertz CT molecular complexity index is 581. The van der Waals surface area contributed by atoms with Crippen LogP contribution in [-0.2, 0) is 16.0 Å². The highest BCUT2D eigenvalue weighted by atomic mass is 32.1. The monoisotopic (exact) mass is 351 g/mol. The lowest BCUT2D eigenvalue weighted by Gasteiger charge is -2.26. The van der Waals surface area contributed by atoms with E-state index >= 15 is 0 Å². The number of amides is 1. The lowest BCUT2D eigenvalue weighted by molar-refractivity contribution is -0.122. The standard InChI is InChI=1S/C16H21N3O2S2/c20-15(1-4-19-5-7-21-8-6-19)18-14(16-17-3-10-23-16)11-13-2-9-22-12-13/h2-3,9-10,12,14H,1,4-8,11H2,(H,18,20)/t14-/m1/s1. The lowest BCUT2D eigenvalue weighted by Crippen LogP contribution is -2.39. The molecule has 3 heterocycles. The molecule has 2 aromatic rings. The van der Waals surface area contributed by atoms with E-state index in [2.05, 4.69) is 32.0 Å². The number of carbonyl (C=O) groups is 1. The van der Waals surface area contributed by atoms with Crippen molar-refractivity contribution in [1.82, 2.24) is 15.2 Å². The van der Waals surface area contributed by atoms with Gasteiger partial charge in [-0.25, -0.2) is 4.98 Å². The molecule has 0 aromatic carbocycles. The molecule has 0 radical (unpaired) electrons. The summed E-state index contributed by atoms with van der Waals surface area (Å²) in [5.74, 6) is 0.0897. The Hall–Kier alpha value is -1.28. The summed E-state index contributed by atoms with van der Waals surface area (Å²) in [7, 11) is 0. The average Bonchev–Trinajstić information content (AvgIpc) is 3.27. The van der Waals surface area contributed by atoms with Crippen LogP contribution in [0.2, 0.25) is 0 Å². The molecule has 1 aliphatic rings. The van der Waals surface area contributed by atoms with Gasteiger partial charge < -0.3 is 10.1 Å². The van der Waals surface area contributed by atoms with E-state index in [0.29, 0.717) is 6.42 Å². The summed E-state index contributed by atoms with van der Waals surface area (Å²) >= 11 is 3.27. The lowest BCUT2D eigenvalue weighted by atomic mass is 10.1. The molecule has 1 N–H and O–H groups in total. The minimum Gasteiger partial charge on any atom is -0.379 e. The number of hydrogen-bond donors (Lipinski definition) is 1. The molecule has 0 aliphatic carbocycles. The summed E-state index contributed by atoms with van der Waals surface area (Å²) in [5, 5.41) is 10.3. The number of thiophene rings is 1. The van der Waals surface area contributed by atoms with E-state index in [1.54, 1.807) is 28.9 Å². The minimum atomic E-state index is -0.0400. The van der Waals surface area contributed by atoms with Crippen molar-refractivity contribution in [2.45, 2.75) is 18.9 Å². The fraction of sp³-hybridized carbons (Fsp3) is 0.500. The van der Waals surface area contributed by atoms with E-state index < -0.39 is 0 Å². The first-order valence-corrected chi connectivity index (χ1v) is 9.63. The number of thiazole rings is 1. The van der Waals surface area contributed by atoms with Gasteiger partial charge in [-0.1, -0.05) is 0 Å². The van der Waals surface area contributed by atoms with Gasteiger partial charge in [0, 0.05) is 44.1 Å². The van der Waals surface area contributed by atoms with Crippen molar-refractivity contribution in [2.75, 3.05) is 32.8 Å². The van der Waals surface area contributed by atoms with E-state index in [0.717, 1.165) is 44.3 Å². The maximum absolute atomic E-state index is 12.3. The summed E-state index contributed by atoms with van der Waals surface area (Å²) in [6.07, 6.45) is 3.10. The summed E-state index contributed by atoms with van der Waals surface area (Å²) in [5.41, 5.74) is 1.24. The number of nitrogens with zero attached hydrogens (tertiary/aromatic N) is 2. The van der Waals surface area contributed by atoms with Crippen LogP contribution in [0.4, 0.5) is 0 Å². The molecule has 0 bridgehead atoms. The fourth-order valence-electron chi connectivity index (χ4n) is 2.60. The molecule has 1 fully saturated rings. The predicted molar refractivity (Wildman–Crippen MR) is 92.9 cm³/mol. The van der Waals surface area contributed by atoms with Gasteiger partial charge in [-0.15, -0.1) is 11.3 Å². The van der Waals surface area contributed by atoms with Crippen LogP contribution in [0.3, 0.4) is 0 Å². The number of aromatic nitrogens is 1. The Labute approximate surface area is 144 Å². The second-order valence-corrected chi connectivity index (χ2v) is 7.24. The topological polar surface area (TPSA) is 54.5 Å². The fourth-order valence-corrected chi connectivity index (χ4v) is 3.97. The van der Waals surface area contributed by atoms with Gasteiger partial charge >= 0.3 is 0 Å². The molecule has 3 rings (SSSR count). The molecular formula is C16H21N3O2S2. The number of morpholine rings is 1. The number of hydrogen-bond acceptors (Lipinski definition) is 6. The zero-order valence-corrected chi connectivity index (χ0v) is 14.6. The molecule has 0 saturated carbocycles. The molecule has 2 aromatic heterocycles. The predicted octanol–water partition coefficient (Wildman–Crippen LogP) is 2.33. The summed E-state index contributed by atoms with van der Waals surface area (Å²) in [6, 6.07) is 2.06. The molecule has 0 spiro atoms. The van der Waals surface area contributed by atoms with Crippen molar-refractivity contribution in [3.63, 3.8) is 0 Å². The second-order valence-electron chi connectivity index (χ2n) is 5.53. The molecule has 1 amide bonds. The number of rotatable bonds is 7. The van der Waals surface area contributed by atoms with Crippen LogP contribution in [0.25, 0.3) is 0 Å². The van der Waals surface area contributed by atoms with Crippen LogP contribution < -0.4 is 5.32 Å². The van der Waals surface area contributed by atoms with Crippen LogP contribution in [0.5, 0.6) is 0 Å². The van der Waals surface area contributed by atoms with Crippen molar-refractivity contribution in [3.8, 4) is 0 Å². The molecule has 7 heteroatoms. The number of carbonyl (C=O) groups excluding carboxylic acids is 1. The van der Waals surface area contributed by atoms with E-state index in [4.69, 9.17) is 4.74 Å². The highest BCUT2D eigenvalue weighted by Crippen LogP contribution is 2.22. The number of ether oxygens (including phenoxy) is 1. The van der Waals surface area contributed by atoms with Crippen LogP contribution in [-0.4, -0.2) is 48.6 Å². The van der Waals surface area contributed by atoms with E-state index in [9.17, 15) is 4.79 Å². The normalized spacial score (nSPS) is 17.0. The first-order valence-electron chi connectivity index (χ1n) is 7.81. The average molecular weight is 351 g/mol. The van der Waals surface area contributed by atoms with Crippen LogP contribution in [0, 0.1) is 0 Å². The number of nitrogens with one attached hydrogen (secondary N) is 1. The van der Waals surface area contributed by atoms with Gasteiger partial charge in [0.05, 0.1) is 19.3 Å². The molecule has 1 atom stereocenters. The van der Waals surface area contributed by atoms with Gasteiger partial charge in [0.2, 0.25) is 5.91 Å². The molecule has 124 valence electrons. The third kappa shape index (κ3) is 5.10. The molecule has 5 nitrogen and oxygen atoms in total. The third-order valence-electron chi connectivity index (χ3n) is 3.86. The van der Waals surface area contributed by atoms with E-state index in [1.165, 1.54) is 5.56 Å². The van der Waals surface area contributed by atoms with Crippen molar-refractivity contribution < 1.29 is 9.53 Å². The third-order valence-corrected chi connectivity index (χ3v) is 5.48. The summed E-state index contributed by atoms with van der Waals surface area (Å²) in [4.78, 5) is 19.0. The smallest absolute Gasteiger partial charge is 0.221 e. The maximum Gasteiger partial charge on any atom is 0.221 e. The summed E-state index contributed by atoms with van der Waals surface area (Å²) in [6.45, 7) is 4.15. The molecule has 1 saturated heterocycles. The minimum absolute atomic E-state index is 0.0400.